The number of hydrogen-bond donors (Lipinski definition) is 1. The molecule has 8 heteroatoms. The second-order valence-electron chi connectivity index (χ2n) is 7.81. The third-order valence-electron chi connectivity index (χ3n) is 5.47. The van der Waals surface area contributed by atoms with Gasteiger partial charge in [0, 0.05) is 50.7 Å². The number of anilines is 2. The lowest BCUT2D eigenvalue weighted by molar-refractivity contribution is -0.134. The van der Waals surface area contributed by atoms with Crippen LogP contribution < -0.4 is 15.0 Å². The molecule has 1 N–H and O–H groups in total. The summed E-state index contributed by atoms with van der Waals surface area (Å²) in [5.74, 6) is 0.318. The number of likely N-dealkylation sites (N-methyl/N-ethyl adjacent to an activating group) is 1. The predicted molar refractivity (Wildman–Crippen MR) is 124 cm³/mol. The van der Waals surface area contributed by atoms with Crippen molar-refractivity contribution in [2.24, 2.45) is 0 Å². The fourth-order valence-corrected chi connectivity index (χ4v) is 3.65. The molecule has 0 aliphatic carbocycles. The van der Waals surface area contributed by atoms with Crippen molar-refractivity contribution in [3.8, 4) is 11.8 Å². The Morgan fingerprint density at radius 3 is 2.62 bits per heavy atom. The van der Waals surface area contributed by atoms with Crippen LogP contribution in [0, 0.1) is 11.3 Å². The van der Waals surface area contributed by atoms with Crippen LogP contribution in [-0.4, -0.2) is 75.0 Å². The van der Waals surface area contributed by atoms with Gasteiger partial charge in [-0.2, -0.15) is 5.26 Å². The van der Waals surface area contributed by atoms with E-state index in [1.54, 1.807) is 38.4 Å². The Bertz CT molecular complexity index is 970. The van der Waals surface area contributed by atoms with Crippen LogP contribution in [0.2, 0.25) is 0 Å². The van der Waals surface area contributed by atoms with Crippen LogP contribution in [0.25, 0.3) is 0 Å². The van der Waals surface area contributed by atoms with Crippen molar-refractivity contribution >= 4 is 23.2 Å². The normalized spacial score (nSPS) is 14.2. The van der Waals surface area contributed by atoms with Gasteiger partial charge in [-0.25, -0.2) is 0 Å². The van der Waals surface area contributed by atoms with E-state index in [2.05, 4.69) is 21.2 Å². The Balaban J connectivity index is 1.47. The maximum Gasteiger partial charge on any atom is 0.243 e. The average molecular weight is 436 g/mol. The first-order valence-corrected chi connectivity index (χ1v) is 10.6. The van der Waals surface area contributed by atoms with E-state index in [4.69, 9.17) is 10.00 Å². The highest BCUT2D eigenvalue weighted by Gasteiger charge is 2.20. The molecule has 1 saturated heterocycles. The second-order valence-corrected chi connectivity index (χ2v) is 7.81. The first kappa shape index (κ1) is 23.1. The third-order valence-corrected chi connectivity index (χ3v) is 5.47. The van der Waals surface area contributed by atoms with Crippen LogP contribution >= 0.6 is 0 Å². The maximum absolute atomic E-state index is 12.7. The minimum Gasteiger partial charge on any atom is -0.497 e. The van der Waals surface area contributed by atoms with Crippen LogP contribution in [0.15, 0.2) is 48.5 Å². The van der Waals surface area contributed by atoms with Gasteiger partial charge in [-0.3, -0.25) is 14.5 Å². The monoisotopic (exact) mass is 435 g/mol. The van der Waals surface area contributed by atoms with E-state index >= 15 is 0 Å². The van der Waals surface area contributed by atoms with Gasteiger partial charge in [0.05, 0.1) is 31.8 Å². The molecule has 0 unspecified atom stereocenters. The molecule has 0 radical (unpaired) electrons. The van der Waals surface area contributed by atoms with E-state index in [1.807, 2.05) is 24.3 Å². The van der Waals surface area contributed by atoms with Gasteiger partial charge in [0.1, 0.15) is 5.75 Å². The summed E-state index contributed by atoms with van der Waals surface area (Å²) >= 11 is 0. The number of ether oxygens (including phenoxy) is 1. The number of amides is 2. The quantitative estimate of drug-likeness (QED) is 0.717. The number of rotatable bonds is 7. The molecule has 8 nitrogen and oxygen atoms in total. The standard InChI is InChI=1S/C24H29N5O3/c1-27(17-23(30)26-20-5-3-6-22(15-20)32-2)24(31)18-28-11-4-12-29(14-13-28)21-9-7-19(16-25)8-10-21/h3,5-10,15H,4,11-14,17-18H2,1-2H3,(H,26,30). The lowest BCUT2D eigenvalue weighted by Gasteiger charge is -2.25. The molecule has 2 amide bonds. The molecule has 168 valence electrons. The van der Waals surface area contributed by atoms with Gasteiger partial charge in [-0.05, 0) is 42.8 Å². The van der Waals surface area contributed by atoms with Crippen LogP contribution in [0.1, 0.15) is 12.0 Å². The molecule has 1 aliphatic rings. The number of carbonyl (C=O) groups is 2. The molecule has 1 heterocycles. The van der Waals surface area contributed by atoms with Crippen molar-refractivity contribution in [3.63, 3.8) is 0 Å². The number of nitrogens with one attached hydrogen (secondary N) is 1. The highest BCUT2D eigenvalue weighted by molar-refractivity contribution is 5.94. The average Bonchev–Trinajstić information content (AvgIpc) is 3.04. The predicted octanol–water partition coefficient (Wildman–Crippen LogP) is 2.18. The van der Waals surface area contributed by atoms with Crippen LogP contribution in [0.5, 0.6) is 5.75 Å². The molecule has 0 bridgehead atoms. The smallest absolute Gasteiger partial charge is 0.243 e. The highest BCUT2D eigenvalue weighted by atomic mass is 16.5. The molecular weight excluding hydrogens is 406 g/mol. The number of nitrogens with zero attached hydrogens (tertiary/aromatic N) is 4. The molecule has 0 atom stereocenters. The van der Waals surface area contributed by atoms with Crippen molar-refractivity contribution in [3.05, 3.63) is 54.1 Å². The SMILES string of the molecule is COc1cccc(NC(=O)CN(C)C(=O)CN2CCCN(c3ccc(C#N)cc3)CC2)c1. The van der Waals surface area contributed by atoms with Crippen molar-refractivity contribution < 1.29 is 14.3 Å². The summed E-state index contributed by atoms with van der Waals surface area (Å²) < 4.78 is 5.16. The van der Waals surface area contributed by atoms with Crippen molar-refractivity contribution in [2.75, 3.05) is 63.6 Å². The minimum atomic E-state index is -0.253. The second kappa shape index (κ2) is 11.2. The third kappa shape index (κ3) is 6.46. The Hall–Kier alpha value is -3.57. The number of methoxy groups -OCH3 is 1. The van der Waals surface area contributed by atoms with Gasteiger partial charge in [-0.15, -0.1) is 0 Å². The summed E-state index contributed by atoms with van der Waals surface area (Å²) in [6.07, 6.45) is 0.938. The van der Waals surface area contributed by atoms with Gasteiger partial charge < -0.3 is 19.9 Å². The summed E-state index contributed by atoms with van der Waals surface area (Å²) in [5.41, 5.74) is 2.36. The Labute approximate surface area is 189 Å². The van der Waals surface area contributed by atoms with Crippen LogP contribution in [-0.2, 0) is 9.59 Å². The topological polar surface area (TPSA) is 88.9 Å². The molecule has 0 spiro atoms. The number of nitriles is 1. The number of benzene rings is 2. The van der Waals surface area contributed by atoms with E-state index < -0.39 is 0 Å². The lowest BCUT2D eigenvalue weighted by Crippen LogP contribution is -2.42. The van der Waals surface area contributed by atoms with E-state index in [-0.39, 0.29) is 24.9 Å². The number of carbonyl (C=O) groups excluding carboxylic acids is 2. The fraction of sp³-hybridized carbons (Fsp3) is 0.375. The largest absolute Gasteiger partial charge is 0.497 e. The Morgan fingerprint density at radius 2 is 1.91 bits per heavy atom. The molecule has 32 heavy (non-hydrogen) atoms. The van der Waals surface area contributed by atoms with Gasteiger partial charge in [0.2, 0.25) is 11.8 Å². The first-order valence-electron chi connectivity index (χ1n) is 10.6. The van der Waals surface area contributed by atoms with Crippen molar-refractivity contribution in [2.45, 2.75) is 6.42 Å². The lowest BCUT2D eigenvalue weighted by atomic mass is 10.2. The highest BCUT2D eigenvalue weighted by Crippen LogP contribution is 2.18. The summed E-state index contributed by atoms with van der Waals surface area (Å²) in [6.45, 7) is 3.55. The molecule has 2 aromatic carbocycles. The van der Waals surface area contributed by atoms with Gasteiger partial charge >= 0.3 is 0 Å². The van der Waals surface area contributed by atoms with E-state index in [0.29, 0.717) is 17.0 Å². The number of hydrogen-bond acceptors (Lipinski definition) is 6. The zero-order chi connectivity index (χ0) is 22.9. The zero-order valence-electron chi connectivity index (χ0n) is 18.6. The van der Waals surface area contributed by atoms with Crippen LogP contribution in [0.4, 0.5) is 11.4 Å². The molecule has 3 rings (SSSR count). The molecule has 0 aromatic heterocycles. The fourth-order valence-electron chi connectivity index (χ4n) is 3.65. The van der Waals surface area contributed by atoms with E-state index in [0.717, 1.165) is 38.3 Å². The molecule has 0 saturated carbocycles. The Morgan fingerprint density at radius 1 is 1.12 bits per heavy atom. The molecule has 2 aromatic rings. The summed E-state index contributed by atoms with van der Waals surface area (Å²) in [4.78, 5) is 30.9. The molecule has 1 aliphatic heterocycles. The van der Waals surface area contributed by atoms with Gasteiger partial charge in [-0.1, -0.05) is 6.07 Å². The molecular formula is C24H29N5O3. The maximum atomic E-state index is 12.7. The summed E-state index contributed by atoms with van der Waals surface area (Å²) in [6, 6.07) is 16.8. The van der Waals surface area contributed by atoms with Gasteiger partial charge in [0.25, 0.3) is 0 Å². The Kier molecular flexibility index (Phi) is 8.06. The van der Waals surface area contributed by atoms with E-state index in [9.17, 15) is 9.59 Å². The van der Waals surface area contributed by atoms with Crippen molar-refractivity contribution in [1.82, 2.24) is 9.80 Å². The zero-order valence-corrected chi connectivity index (χ0v) is 18.6. The minimum absolute atomic E-state index is 0.0126. The molecule has 1 fully saturated rings. The summed E-state index contributed by atoms with van der Waals surface area (Å²) in [7, 11) is 3.22. The first-order chi connectivity index (χ1) is 15.5. The van der Waals surface area contributed by atoms with Gasteiger partial charge in [0.15, 0.2) is 0 Å². The van der Waals surface area contributed by atoms with Crippen molar-refractivity contribution in [1.29, 1.82) is 5.26 Å². The summed E-state index contributed by atoms with van der Waals surface area (Å²) in [5, 5.41) is 11.8. The van der Waals surface area contributed by atoms with E-state index in [1.165, 1.54) is 4.90 Å². The van der Waals surface area contributed by atoms with Crippen LogP contribution in [0.3, 0.4) is 0 Å².